The van der Waals surface area contributed by atoms with Crippen molar-refractivity contribution >= 4 is 16.9 Å². The van der Waals surface area contributed by atoms with E-state index in [0.717, 1.165) is 0 Å². The van der Waals surface area contributed by atoms with E-state index in [4.69, 9.17) is 0 Å². The second-order valence-electron chi connectivity index (χ2n) is 8.57. The molecule has 0 aliphatic rings. The summed E-state index contributed by atoms with van der Waals surface area (Å²) in [7, 11) is 0. The minimum atomic E-state index is 1.37. The molecule has 0 aromatic carbocycles. The van der Waals surface area contributed by atoms with Crippen LogP contribution in [0.15, 0.2) is 0 Å². The fourth-order valence-corrected chi connectivity index (χ4v) is 4.54. The van der Waals surface area contributed by atoms with Crippen molar-refractivity contribution in [1.82, 2.24) is 0 Å². The molecule has 1 atom stereocenters. The van der Waals surface area contributed by atoms with Crippen LogP contribution in [0.1, 0.15) is 155 Å². The van der Waals surface area contributed by atoms with Gasteiger partial charge >= 0.3 is 92.7 Å². The molecule has 0 aromatic heterocycles. The predicted octanol–water partition coefficient (Wildman–Crippen LogP) is 9.03. The zero-order valence-electron chi connectivity index (χ0n) is 18.5. The van der Waals surface area contributed by atoms with Crippen molar-refractivity contribution in [3.63, 3.8) is 0 Å². The molecule has 0 nitrogen and oxygen atoms in total. The van der Waals surface area contributed by atoms with E-state index < -0.39 is 0 Å². The van der Waals surface area contributed by atoms with E-state index in [0.29, 0.717) is 0 Å². The van der Waals surface area contributed by atoms with Gasteiger partial charge in [-0.3, -0.25) is 0 Å². The monoisotopic (exact) mass is 428 g/mol. The normalized spacial score (nSPS) is 11.3. The molecule has 0 rings (SSSR count). The average molecular weight is 429 g/mol. The van der Waals surface area contributed by atoms with Crippen LogP contribution >= 0.6 is 0 Å². The number of hydrogen-bond acceptors (Lipinski definition) is 0. The first-order chi connectivity index (χ1) is 12.9. The molecule has 0 saturated carbocycles. The molecule has 0 N–H and O–H groups in total. The summed E-state index contributed by atoms with van der Waals surface area (Å²) in [6.45, 7) is 2.30. The summed E-state index contributed by atoms with van der Waals surface area (Å²) in [6, 6.07) is 0. The van der Waals surface area contributed by atoms with Crippen LogP contribution < -0.4 is 0 Å². The molecule has 0 aliphatic heterocycles. The Morgan fingerprint density at radius 1 is 0.308 bits per heavy atom. The molecular weight excluding hydrogens is 375 g/mol. The molecule has 0 aliphatic carbocycles. The van der Waals surface area contributed by atoms with E-state index >= 15 is 0 Å². The molecule has 1 unspecified atom stereocenters. The van der Waals surface area contributed by atoms with Gasteiger partial charge in [0.05, 0.1) is 0 Å². The van der Waals surface area contributed by atoms with Gasteiger partial charge in [0.25, 0.3) is 0 Å². The van der Waals surface area contributed by atoms with Crippen LogP contribution in [0.3, 0.4) is 0 Å². The Hall–Kier alpha value is 0.558. The van der Waals surface area contributed by atoms with E-state index in [9.17, 15) is 0 Å². The zero-order chi connectivity index (χ0) is 19.0. The van der Waals surface area contributed by atoms with Gasteiger partial charge < -0.3 is 0 Å². The van der Waals surface area contributed by atoms with Crippen LogP contribution in [0.2, 0.25) is 5.21 Å². The molecule has 0 bridgehead atoms. The molecular formula is C25H53As. The van der Waals surface area contributed by atoms with E-state index in [1.807, 2.05) is 16.9 Å². The zero-order valence-corrected chi connectivity index (χ0v) is 21.0. The minimum absolute atomic E-state index is 1.37. The van der Waals surface area contributed by atoms with Gasteiger partial charge in [0.2, 0.25) is 0 Å². The summed E-state index contributed by atoms with van der Waals surface area (Å²) in [5.74, 6) is 0. The van der Waals surface area contributed by atoms with Crippen molar-refractivity contribution in [1.29, 1.82) is 0 Å². The Morgan fingerprint density at radius 2 is 0.500 bits per heavy atom. The maximum atomic E-state index is 2.30. The molecule has 1 heteroatoms. The Morgan fingerprint density at radius 3 is 0.692 bits per heavy atom. The van der Waals surface area contributed by atoms with Crippen molar-refractivity contribution in [2.45, 2.75) is 160 Å². The van der Waals surface area contributed by atoms with Gasteiger partial charge in [0.1, 0.15) is 0 Å². The SMILES string of the molecule is CCCCCCCCCCCCCCCCCCCCCCCCC[AsH2]. The van der Waals surface area contributed by atoms with Gasteiger partial charge in [-0.05, 0) is 0 Å². The summed E-state index contributed by atoms with van der Waals surface area (Å²) in [6.07, 6.45) is 34.1. The van der Waals surface area contributed by atoms with Crippen LogP contribution in [0.4, 0.5) is 0 Å². The van der Waals surface area contributed by atoms with E-state index in [1.165, 1.54) is 153 Å². The van der Waals surface area contributed by atoms with Crippen molar-refractivity contribution in [2.75, 3.05) is 0 Å². The maximum absolute atomic E-state index is 2.30. The molecule has 26 heavy (non-hydrogen) atoms. The Balaban J connectivity index is 2.95. The van der Waals surface area contributed by atoms with E-state index in [2.05, 4.69) is 6.92 Å². The fourth-order valence-electron chi connectivity index (χ4n) is 3.93. The third kappa shape index (κ3) is 24.6. The topological polar surface area (TPSA) is 0 Å². The molecule has 0 fully saturated rings. The Kier molecular flexibility index (Phi) is 26.1. The number of unbranched alkanes of at least 4 members (excludes halogenated alkanes) is 22. The average Bonchev–Trinajstić information content (AvgIpc) is 2.66. The second kappa shape index (κ2) is 25.6. The first kappa shape index (κ1) is 26.6. The summed E-state index contributed by atoms with van der Waals surface area (Å²) in [5, 5.41) is 1.44. The van der Waals surface area contributed by atoms with Crippen LogP contribution in [-0.4, -0.2) is 16.9 Å². The van der Waals surface area contributed by atoms with Gasteiger partial charge in [-0.15, -0.1) is 0 Å². The number of rotatable bonds is 23. The van der Waals surface area contributed by atoms with Crippen molar-refractivity contribution < 1.29 is 0 Å². The molecule has 0 heterocycles. The standard InChI is InChI=1S/C25H53As/c1-2-3-4-5-6-7-8-9-10-11-12-13-14-15-16-17-18-19-20-21-22-23-24-25-26/h2-26H2,1H3. The van der Waals surface area contributed by atoms with Gasteiger partial charge in [0, 0.05) is 0 Å². The van der Waals surface area contributed by atoms with Gasteiger partial charge in [-0.25, -0.2) is 0 Å². The van der Waals surface area contributed by atoms with E-state index in [1.54, 1.807) is 0 Å². The summed E-state index contributed by atoms with van der Waals surface area (Å²) in [5.41, 5.74) is 0. The van der Waals surface area contributed by atoms with Crippen LogP contribution in [-0.2, 0) is 0 Å². The van der Waals surface area contributed by atoms with Crippen LogP contribution in [0, 0.1) is 0 Å². The number of hydrogen-bond donors (Lipinski definition) is 0. The molecule has 0 amide bonds. The van der Waals surface area contributed by atoms with Crippen molar-refractivity contribution in [2.24, 2.45) is 0 Å². The summed E-state index contributed by atoms with van der Waals surface area (Å²) >= 11 is 1.90. The van der Waals surface area contributed by atoms with E-state index in [-0.39, 0.29) is 0 Å². The van der Waals surface area contributed by atoms with Gasteiger partial charge in [0.15, 0.2) is 0 Å². The first-order valence-electron chi connectivity index (χ1n) is 12.6. The molecule has 0 aromatic rings. The third-order valence-corrected chi connectivity index (χ3v) is 6.66. The first-order valence-corrected chi connectivity index (χ1v) is 14.3. The predicted molar refractivity (Wildman–Crippen MR) is 125 cm³/mol. The molecule has 0 saturated heterocycles. The van der Waals surface area contributed by atoms with Crippen LogP contribution in [0.5, 0.6) is 0 Å². The van der Waals surface area contributed by atoms with Crippen LogP contribution in [0.25, 0.3) is 0 Å². The quantitative estimate of drug-likeness (QED) is 0.112. The van der Waals surface area contributed by atoms with Crippen molar-refractivity contribution in [3.05, 3.63) is 0 Å². The fraction of sp³-hybridized carbons (Fsp3) is 1.00. The Bertz CT molecular complexity index is 202. The van der Waals surface area contributed by atoms with Gasteiger partial charge in [-0.1, -0.05) is 84.0 Å². The second-order valence-corrected chi connectivity index (χ2v) is 9.78. The summed E-state index contributed by atoms with van der Waals surface area (Å²) in [4.78, 5) is 0. The summed E-state index contributed by atoms with van der Waals surface area (Å²) < 4.78 is 0. The van der Waals surface area contributed by atoms with Crippen molar-refractivity contribution in [3.8, 4) is 0 Å². The molecule has 0 spiro atoms. The van der Waals surface area contributed by atoms with Gasteiger partial charge in [-0.2, -0.15) is 0 Å². The Labute approximate surface area is 176 Å². The molecule has 0 radical (unpaired) electrons. The molecule has 158 valence electrons. The third-order valence-electron chi connectivity index (χ3n) is 5.81.